The lowest BCUT2D eigenvalue weighted by atomic mass is 10.2. The van der Waals surface area contributed by atoms with Crippen LogP contribution in [0.3, 0.4) is 0 Å². The second kappa shape index (κ2) is 6.75. The zero-order valence-electron chi connectivity index (χ0n) is 9.74. The molecule has 0 spiro atoms. The molecule has 98 valence electrons. The summed E-state index contributed by atoms with van der Waals surface area (Å²) >= 11 is 0. The molecular formula is C13H11NO5. The predicted octanol–water partition coefficient (Wildman–Crippen LogP) is 1.36. The molecule has 1 aromatic rings. The third-order valence-corrected chi connectivity index (χ3v) is 1.95. The maximum Gasteiger partial charge on any atom is 0.328 e. The lowest BCUT2D eigenvalue weighted by molar-refractivity contribution is -0.132. The van der Waals surface area contributed by atoms with Crippen molar-refractivity contribution in [2.24, 2.45) is 0 Å². The van der Waals surface area contributed by atoms with E-state index in [0.29, 0.717) is 11.3 Å². The normalized spacial score (nSPS) is 10.7. The zero-order valence-corrected chi connectivity index (χ0v) is 9.74. The molecule has 0 aliphatic rings. The highest BCUT2D eigenvalue weighted by molar-refractivity contribution is 6.02. The maximum absolute atomic E-state index is 11.3. The highest BCUT2D eigenvalue weighted by atomic mass is 16.4. The molecule has 0 heterocycles. The van der Waals surface area contributed by atoms with Crippen molar-refractivity contribution < 1.29 is 24.6 Å². The first kappa shape index (κ1) is 14.2. The van der Waals surface area contributed by atoms with Crippen molar-refractivity contribution in [3.8, 4) is 0 Å². The third-order valence-electron chi connectivity index (χ3n) is 1.95. The van der Waals surface area contributed by atoms with E-state index >= 15 is 0 Å². The minimum Gasteiger partial charge on any atom is -0.478 e. The number of hydrogen-bond acceptors (Lipinski definition) is 3. The molecule has 1 amide bonds. The molecule has 0 aliphatic heterocycles. The number of carboxylic acid groups (broad SMARTS) is 2. The van der Waals surface area contributed by atoms with Gasteiger partial charge in [-0.1, -0.05) is 12.1 Å². The summed E-state index contributed by atoms with van der Waals surface area (Å²) in [5.74, 6) is -2.87. The number of anilines is 1. The summed E-state index contributed by atoms with van der Waals surface area (Å²) in [6, 6.07) is 6.47. The van der Waals surface area contributed by atoms with Gasteiger partial charge in [-0.25, -0.2) is 9.59 Å². The van der Waals surface area contributed by atoms with E-state index < -0.39 is 17.8 Å². The highest BCUT2D eigenvalue weighted by Crippen LogP contribution is 2.12. The average molecular weight is 261 g/mol. The summed E-state index contributed by atoms with van der Waals surface area (Å²) < 4.78 is 0. The second-order valence-corrected chi connectivity index (χ2v) is 3.46. The van der Waals surface area contributed by atoms with Crippen LogP contribution in [0.1, 0.15) is 5.56 Å². The summed E-state index contributed by atoms with van der Waals surface area (Å²) in [6.07, 6.45) is 3.97. The van der Waals surface area contributed by atoms with E-state index in [1.54, 1.807) is 24.3 Å². The van der Waals surface area contributed by atoms with Gasteiger partial charge in [-0.3, -0.25) is 4.79 Å². The number of aliphatic carboxylic acids is 2. The van der Waals surface area contributed by atoms with Gasteiger partial charge in [0.25, 0.3) is 0 Å². The van der Waals surface area contributed by atoms with Crippen molar-refractivity contribution in [3.63, 3.8) is 0 Å². The monoisotopic (exact) mass is 261 g/mol. The Labute approximate surface area is 108 Å². The summed E-state index contributed by atoms with van der Waals surface area (Å²) in [7, 11) is 0. The van der Waals surface area contributed by atoms with Gasteiger partial charge in [-0.2, -0.15) is 0 Å². The number of nitrogens with one attached hydrogen (secondary N) is 1. The van der Waals surface area contributed by atoms with Crippen LogP contribution in [0.2, 0.25) is 0 Å². The third kappa shape index (κ3) is 5.83. The molecule has 0 unspecified atom stereocenters. The summed E-state index contributed by atoms with van der Waals surface area (Å²) in [4.78, 5) is 31.9. The minimum atomic E-state index is -1.21. The van der Waals surface area contributed by atoms with Gasteiger partial charge in [0.2, 0.25) is 5.91 Å². The van der Waals surface area contributed by atoms with Gasteiger partial charge < -0.3 is 15.5 Å². The summed E-state index contributed by atoms with van der Waals surface area (Å²) in [6.45, 7) is 0. The van der Waals surface area contributed by atoms with Crippen LogP contribution in [0.4, 0.5) is 5.69 Å². The molecule has 0 aliphatic carbocycles. The Hall–Kier alpha value is -2.89. The zero-order chi connectivity index (χ0) is 14.3. The molecule has 0 aromatic heterocycles. The Kier molecular flexibility index (Phi) is 5.04. The van der Waals surface area contributed by atoms with Crippen LogP contribution < -0.4 is 5.32 Å². The number of hydrogen-bond donors (Lipinski definition) is 3. The molecule has 0 radical (unpaired) electrons. The molecular weight excluding hydrogens is 250 g/mol. The Morgan fingerprint density at radius 1 is 1.00 bits per heavy atom. The van der Waals surface area contributed by atoms with E-state index in [-0.39, 0.29) is 0 Å². The van der Waals surface area contributed by atoms with Crippen LogP contribution in [-0.4, -0.2) is 28.1 Å². The molecule has 6 heteroatoms. The van der Waals surface area contributed by atoms with E-state index in [1.807, 2.05) is 0 Å². The Bertz CT molecular complexity index is 560. The van der Waals surface area contributed by atoms with Gasteiger partial charge in [0.15, 0.2) is 0 Å². The molecule has 6 nitrogen and oxygen atoms in total. The largest absolute Gasteiger partial charge is 0.478 e. The summed E-state index contributed by atoms with van der Waals surface area (Å²) in [5, 5.41) is 19.3. The maximum atomic E-state index is 11.3. The molecule has 0 saturated heterocycles. The number of amides is 1. The topological polar surface area (TPSA) is 104 Å². The molecule has 0 saturated carbocycles. The van der Waals surface area contributed by atoms with E-state index in [0.717, 1.165) is 18.2 Å². The lowest BCUT2D eigenvalue weighted by Gasteiger charge is -2.02. The highest BCUT2D eigenvalue weighted by Gasteiger charge is 1.99. The first-order valence-corrected chi connectivity index (χ1v) is 5.20. The molecule has 0 bridgehead atoms. The van der Waals surface area contributed by atoms with Crippen LogP contribution in [0.5, 0.6) is 0 Å². The molecule has 19 heavy (non-hydrogen) atoms. The van der Waals surface area contributed by atoms with Gasteiger partial charge >= 0.3 is 11.9 Å². The first-order chi connectivity index (χ1) is 8.97. The van der Waals surface area contributed by atoms with Gasteiger partial charge in [0.05, 0.1) is 0 Å². The van der Waals surface area contributed by atoms with Crippen LogP contribution in [0, 0.1) is 0 Å². The van der Waals surface area contributed by atoms with E-state index in [9.17, 15) is 14.4 Å². The Morgan fingerprint density at radius 3 is 2.32 bits per heavy atom. The number of carbonyl (C=O) groups excluding carboxylic acids is 1. The predicted molar refractivity (Wildman–Crippen MR) is 68.5 cm³/mol. The van der Waals surface area contributed by atoms with Crippen molar-refractivity contribution in [1.29, 1.82) is 0 Å². The van der Waals surface area contributed by atoms with E-state index in [2.05, 4.69) is 5.32 Å². The Morgan fingerprint density at radius 2 is 1.68 bits per heavy atom. The van der Waals surface area contributed by atoms with Crippen LogP contribution in [0.25, 0.3) is 6.08 Å². The van der Waals surface area contributed by atoms with Gasteiger partial charge in [0, 0.05) is 23.9 Å². The number of benzene rings is 1. The quantitative estimate of drug-likeness (QED) is 0.694. The van der Waals surface area contributed by atoms with Crippen molar-refractivity contribution in [3.05, 3.63) is 48.1 Å². The van der Waals surface area contributed by atoms with Crippen molar-refractivity contribution in [1.82, 2.24) is 0 Å². The van der Waals surface area contributed by atoms with Crippen molar-refractivity contribution in [2.45, 2.75) is 0 Å². The van der Waals surface area contributed by atoms with E-state index in [1.165, 1.54) is 6.08 Å². The van der Waals surface area contributed by atoms with Crippen LogP contribution in [0.15, 0.2) is 42.5 Å². The van der Waals surface area contributed by atoms with E-state index in [4.69, 9.17) is 10.2 Å². The lowest BCUT2D eigenvalue weighted by Crippen LogP contribution is -2.08. The SMILES string of the molecule is O=C(O)/C=C\C(=O)Nc1cccc(/C=C/C(=O)O)c1. The average Bonchev–Trinajstić information content (AvgIpc) is 2.34. The molecule has 1 rings (SSSR count). The van der Waals surface area contributed by atoms with Crippen LogP contribution >= 0.6 is 0 Å². The smallest absolute Gasteiger partial charge is 0.328 e. The first-order valence-electron chi connectivity index (χ1n) is 5.20. The summed E-state index contributed by atoms with van der Waals surface area (Å²) in [5.41, 5.74) is 1.04. The molecule has 0 fully saturated rings. The van der Waals surface area contributed by atoms with Crippen molar-refractivity contribution in [2.75, 3.05) is 5.32 Å². The molecule has 3 N–H and O–H groups in total. The Balaban J connectivity index is 2.74. The number of carbonyl (C=O) groups is 3. The fraction of sp³-hybridized carbons (Fsp3) is 0. The van der Waals surface area contributed by atoms with Crippen molar-refractivity contribution >= 4 is 29.6 Å². The van der Waals surface area contributed by atoms with Crippen LogP contribution in [-0.2, 0) is 14.4 Å². The molecule has 1 aromatic carbocycles. The fourth-order valence-electron chi connectivity index (χ4n) is 1.22. The standard InChI is InChI=1S/C13H11NO5/c15-11(5-7-13(18)19)14-10-3-1-2-9(8-10)4-6-12(16)17/h1-8H,(H,14,15)(H,16,17)(H,18,19)/b6-4+,7-5-. The molecule has 0 atom stereocenters. The number of rotatable bonds is 5. The van der Waals surface area contributed by atoms with Gasteiger partial charge in [0.1, 0.15) is 0 Å². The minimum absolute atomic E-state index is 0.438. The number of carboxylic acids is 2. The second-order valence-electron chi connectivity index (χ2n) is 3.46. The van der Waals surface area contributed by atoms with Gasteiger partial charge in [-0.15, -0.1) is 0 Å². The fourth-order valence-corrected chi connectivity index (χ4v) is 1.22. The van der Waals surface area contributed by atoms with Gasteiger partial charge in [-0.05, 0) is 23.8 Å².